The average Bonchev–Trinajstić information content (AvgIpc) is 2.81. The summed E-state index contributed by atoms with van der Waals surface area (Å²) in [6.07, 6.45) is 5.22. The van der Waals surface area contributed by atoms with E-state index in [-0.39, 0.29) is 0 Å². The van der Waals surface area contributed by atoms with Crippen LogP contribution in [0, 0.1) is 5.92 Å². The molecule has 0 bridgehead atoms. The van der Waals surface area contributed by atoms with E-state index < -0.39 is 11.7 Å². The lowest BCUT2D eigenvalue weighted by molar-refractivity contribution is 0.0576. The smallest absolute Gasteiger partial charge is 0.416 e. The first-order valence-electron chi connectivity index (χ1n) is 9.52. The molecule has 1 aliphatic heterocycles. The first-order valence-corrected chi connectivity index (χ1v) is 10.7. The molecule has 3 rings (SSSR count). The van der Waals surface area contributed by atoms with Crippen LogP contribution < -0.4 is 4.90 Å². The van der Waals surface area contributed by atoms with Crippen molar-refractivity contribution in [1.29, 1.82) is 0 Å². The van der Waals surface area contributed by atoms with Crippen LogP contribution in [0.25, 0.3) is 5.65 Å². The predicted octanol–water partition coefficient (Wildman–Crippen LogP) is 5.09. The molecule has 154 valence electrons. The van der Waals surface area contributed by atoms with Gasteiger partial charge in [-0.05, 0) is 68.3 Å². The van der Waals surface area contributed by atoms with Crippen LogP contribution in [-0.2, 0) is 9.47 Å². The normalized spacial score (nSPS) is 18.1. The highest BCUT2D eigenvalue weighted by Gasteiger charge is 2.27. The molecule has 1 unspecified atom stereocenters. The maximum Gasteiger partial charge on any atom is 0.416 e. The van der Waals surface area contributed by atoms with Crippen molar-refractivity contribution in [3.05, 3.63) is 21.9 Å². The monoisotopic (exact) mass is 472 g/mol. The van der Waals surface area contributed by atoms with Crippen molar-refractivity contribution < 1.29 is 14.3 Å². The Kier molecular flexibility index (Phi) is 6.83. The number of carbonyl (C=O) groups is 1. The first-order chi connectivity index (χ1) is 13.2. The zero-order chi connectivity index (χ0) is 20.3. The van der Waals surface area contributed by atoms with Crippen molar-refractivity contribution >= 4 is 45.1 Å². The maximum absolute atomic E-state index is 13.0. The van der Waals surface area contributed by atoms with Crippen LogP contribution in [-0.4, -0.2) is 46.1 Å². The number of carbonyl (C=O) groups excluding carboxylic acids is 1. The predicted molar refractivity (Wildman–Crippen MR) is 112 cm³/mol. The van der Waals surface area contributed by atoms with E-state index in [9.17, 15) is 4.79 Å². The van der Waals surface area contributed by atoms with Crippen LogP contribution in [0.1, 0.15) is 46.5 Å². The van der Waals surface area contributed by atoms with E-state index in [1.807, 2.05) is 20.8 Å². The number of aromatic nitrogens is 3. The summed E-state index contributed by atoms with van der Waals surface area (Å²) < 4.78 is 13.5. The second-order valence-electron chi connectivity index (χ2n) is 7.99. The Hall–Kier alpha value is -1.38. The van der Waals surface area contributed by atoms with Gasteiger partial charge >= 0.3 is 6.09 Å². The Morgan fingerprint density at radius 3 is 2.96 bits per heavy atom. The van der Waals surface area contributed by atoms with E-state index >= 15 is 0 Å². The molecular weight excluding hydrogens is 448 g/mol. The summed E-state index contributed by atoms with van der Waals surface area (Å²) in [6.45, 7) is 7.65. The number of amides is 1. The van der Waals surface area contributed by atoms with Crippen molar-refractivity contribution in [3.63, 3.8) is 0 Å². The van der Waals surface area contributed by atoms with E-state index in [4.69, 9.17) is 21.1 Å². The summed E-state index contributed by atoms with van der Waals surface area (Å²) in [5, 5.41) is 4.64. The summed E-state index contributed by atoms with van der Waals surface area (Å²) in [6, 6.07) is 1.65. The van der Waals surface area contributed by atoms with Crippen LogP contribution in [0.5, 0.6) is 0 Å². The van der Waals surface area contributed by atoms with Gasteiger partial charge in [0.1, 0.15) is 16.6 Å². The molecular formula is C19H26BrClN4O3. The summed E-state index contributed by atoms with van der Waals surface area (Å²) in [5.74, 6) is 1.05. The number of fused-ring (bicyclic) bond motifs is 1. The highest BCUT2D eigenvalue weighted by Crippen LogP contribution is 2.28. The molecule has 0 radical (unpaired) electrons. The fourth-order valence-corrected chi connectivity index (χ4v) is 3.80. The molecule has 1 fully saturated rings. The molecule has 3 heterocycles. The van der Waals surface area contributed by atoms with E-state index in [1.165, 1.54) is 0 Å². The summed E-state index contributed by atoms with van der Waals surface area (Å²) in [7, 11) is 0. The van der Waals surface area contributed by atoms with Gasteiger partial charge < -0.3 is 9.47 Å². The molecule has 0 aliphatic carbocycles. The lowest BCUT2D eigenvalue weighted by atomic mass is 9.97. The van der Waals surface area contributed by atoms with Crippen molar-refractivity contribution in [1.82, 2.24) is 14.6 Å². The Balaban J connectivity index is 1.90. The second kappa shape index (κ2) is 8.97. The summed E-state index contributed by atoms with van der Waals surface area (Å²) in [5.41, 5.74) is -0.0505. The van der Waals surface area contributed by atoms with Gasteiger partial charge in [-0.3, -0.25) is 4.90 Å². The third-order valence-electron chi connectivity index (χ3n) is 4.60. The topological polar surface area (TPSA) is 69.0 Å². The lowest BCUT2D eigenvalue weighted by Crippen LogP contribution is -2.39. The Labute approximate surface area is 178 Å². The third-order valence-corrected chi connectivity index (χ3v) is 5.35. The zero-order valence-corrected chi connectivity index (χ0v) is 18.8. The second-order valence-corrected chi connectivity index (χ2v) is 9.24. The lowest BCUT2D eigenvalue weighted by Gasteiger charge is -2.28. The molecule has 0 N–H and O–H groups in total. The number of nitrogens with zero attached hydrogens (tertiary/aromatic N) is 4. The molecule has 28 heavy (non-hydrogen) atoms. The highest BCUT2D eigenvalue weighted by atomic mass is 79.9. The number of ether oxygens (including phenoxy) is 2. The summed E-state index contributed by atoms with van der Waals surface area (Å²) >= 11 is 9.66. The first kappa shape index (κ1) is 21.3. The van der Waals surface area contributed by atoms with E-state index in [2.05, 4.69) is 26.0 Å². The number of rotatable bonds is 4. The van der Waals surface area contributed by atoms with E-state index in [0.717, 1.165) is 38.9 Å². The summed E-state index contributed by atoms with van der Waals surface area (Å²) in [4.78, 5) is 18.9. The molecule has 1 atom stereocenters. The van der Waals surface area contributed by atoms with Gasteiger partial charge in [-0.1, -0.05) is 11.6 Å². The molecule has 0 spiro atoms. The van der Waals surface area contributed by atoms with Crippen molar-refractivity contribution in [2.75, 3.05) is 24.7 Å². The third kappa shape index (κ3) is 5.36. The molecule has 7 nitrogen and oxygen atoms in total. The molecule has 0 saturated carbocycles. The van der Waals surface area contributed by atoms with Gasteiger partial charge in [0.05, 0.1) is 10.7 Å². The van der Waals surface area contributed by atoms with Gasteiger partial charge in [-0.25, -0.2) is 9.78 Å². The van der Waals surface area contributed by atoms with E-state index in [0.29, 0.717) is 33.6 Å². The zero-order valence-electron chi connectivity index (χ0n) is 16.5. The van der Waals surface area contributed by atoms with Crippen molar-refractivity contribution in [2.45, 2.75) is 52.1 Å². The maximum atomic E-state index is 13.0. The molecule has 9 heteroatoms. The Bertz CT molecular complexity index is 828. The van der Waals surface area contributed by atoms with Crippen LogP contribution >= 0.6 is 27.5 Å². The SMILES string of the molecule is CC(C)(C)OC(=O)N(CCC1CCCOCC1)c1cc(Cl)nc2c(Br)cnn12. The van der Waals surface area contributed by atoms with Gasteiger partial charge in [-0.15, -0.1) is 0 Å². The minimum atomic E-state index is -0.605. The molecule has 1 aliphatic rings. The number of hydrogen-bond donors (Lipinski definition) is 0. The standard InChI is InChI=1S/C19H26BrClN4O3/c1-19(2,3)28-18(26)24(8-6-13-5-4-9-27-10-7-13)16-11-15(21)23-17-14(20)12-22-25(16)17/h11-13H,4-10H2,1-3H3. The van der Waals surface area contributed by atoms with Crippen molar-refractivity contribution in [3.8, 4) is 0 Å². The number of hydrogen-bond acceptors (Lipinski definition) is 5. The van der Waals surface area contributed by atoms with Gasteiger partial charge in [0, 0.05) is 25.8 Å². The minimum absolute atomic E-state index is 0.292. The fourth-order valence-electron chi connectivity index (χ4n) is 3.27. The molecule has 2 aromatic rings. The average molecular weight is 474 g/mol. The highest BCUT2D eigenvalue weighted by molar-refractivity contribution is 9.10. The van der Waals surface area contributed by atoms with Gasteiger partial charge in [0.15, 0.2) is 5.65 Å². The Morgan fingerprint density at radius 2 is 2.21 bits per heavy atom. The van der Waals surface area contributed by atoms with Crippen molar-refractivity contribution in [2.24, 2.45) is 5.92 Å². The van der Waals surface area contributed by atoms with Crippen LogP contribution in [0.15, 0.2) is 16.7 Å². The molecule has 2 aromatic heterocycles. The number of anilines is 1. The minimum Gasteiger partial charge on any atom is -0.443 e. The van der Waals surface area contributed by atoms with E-state index in [1.54, 1.807) is 21.7 Å². The van der Waals surface area contributed by atoms with Gasteiger partial charge in [0.25, 0.3) is 0 Å². The largest absolute Gasteiger partial charge is 0.443 e. The van der Waals surface area contributed by atoms with Crippen LogP contribution in [0.2, 0.25) is 5.15 Å². The quantitative estimate of drug-likeness (QED) is 0.578. The van der Waals surface area contributed by atoms with Gasteiger partial charge in [-0.2, -0.15) is 9.61 Å². The number of halogens is 2. The fraction of sp³-hybridized carbons (Fsp3) is 0.632. The molecule has 1 amide bonds. The van der Waals surface area contributed by atoms with Crippen LogP contribution in [0.4, 0.5) is 10.6 Å². The van der Waals surface area contributed by atoms with Gasteiger partial charge in [0.2, 0.25) is 0 Å². The van der Waals surface area contributed by atoms with Crippen LogP contribution in [0.3, 0.4) is 0 Å². The molecule has 1 saturated heterocycles. The molecule has 0 aromatic carbocycles. The Morgan fingerprint density at radius 1 is 1.43 bits per heavy atom.